The summed E-state index contributed by atoms with van der Waals surface area (Å²) < 4.78 is 8.55. The molecule has 7 nitrogen and oxygen atoms in total. The molecule has 8 heteroatoms. The summed E-state index contributed by atoms with van der Waals surface area (Å²) in [6.45, 7) is 4.40. The van der Waals surface area contributed by atoms with Crippen LogP contribution in [-0.4, -0.2) is 33.9 Å². The third-order valence-electron chi connectivity index (χ3n) is 5.84. The lowest BCUT2D eigenvalue weighted by Gasteiger charge is -2.19. The van der Waals surface area contributed by atoms with Gasteiger partial charge in [-0.3, -0.25) is 4.99 Å². The molecular formula is C22H33IN6O. The summed E-state index contributed by atoms with van der Waals surface area (Å²) in [5.41, 5.74) is 2.38. The Labute approximate surface area is 196 Å². The van der Waals surface area contributed by atoms with Gasteiger partial charge in [0.1, 0.15) is 11.6 Å². The first-order valence-electron chi connectivity index (χ1n) is 10.8. The van der Waals surface area contributed by atoms with Crippen LogP contribution in [0, 0.1) is 6.92 Å². The van der Waals surface area contributed by atoms with Crippen LogP contribution in [0.1, 0.15) is 61.3 Å². The van der Waals surface area contributed by atoms with Gasteiger partial charge in [-0.05, 0) is 57.1 Å². The molecular weight excluding hydrogens is 491 g/mol. The highest BCUT2D eigenvalue weighted by Crippen LogP contribution is 2.27. The van der Waals surface area contributed by atoms with Crippen LogP contribution in [-0.2, 0) is 26.1 Å². The van der Waals surface area contributed by atoms with E-state index in [2.05, 4.69) is 55.5 Å². The zero-order valence-corrected chi connectivity index (χ0v) is 20.3. The Hall–Kier alpha value is -1.84. The van der Waals surface area contributed by atoms with E-state index in [0.717, 1.165) is 54.7 Å². The molecule has 1 aliphatic heterocycles. The van der Waals surface area contributed by atoms with Gasteiger partial charge in [-0.1, -0.05) is 12.1 Å². The molecule has 2 heterocycles. The first-order valence-corrected chi connectivity index (χ1v) is 10.8. The molecule has 0 atom stereocenters. The Morgan fingerprint density at radius 3 is 2.73 bits per heavy atom. The van der Waals surface area contributed by atoms with Crippen molar-refractivity contribution in [2.75, 3.05) is 7.05 Å². The number of nitrogens with one attached hydrogen (secondary N) is 2. The number of aliphatic imine (C=N–C) groups is 1. The molecule has 0 bridgehead atoms. The van der Waals surface area contributed by atoms with E-state index in [1.807, 2.05) is 0 Å². The molecule has 0 spiro atoms. The second-order valence-electron chi connectivity index (χ2n) is 8.06. The smallest absolute Gasteiger partial charge is 0.191 e. The highest BCUT2D eigenvalue weighted by atomic mass is 127. The minimum Gasteiger partial charge on any atom is -0.490 e. The van der Waals surface area contributed by atoms with Crippen LogP contribution in [0.4, 0.5) is 0 Å². The number of ether oxygens (including phenoxy) is 1. The molecule has 164 valence electrons. The van der Waals surface area contributed by atoms with Crippen molar-refractivity contribution in [1.82, 2.24) is 25.4 Å². The molecule has 2 aliphatic rings. The lowest BCUT2D eigenvalue weighted by Crippen LogP contribution is -2.37. The van der Waals surface area contributed by atoms with Crippen molar-refractivity contribution in [3.8, 4) is 5.75 Å². The van der Waals surface area contributed by atoms with Crippen molar-refractivity contribution in [3.63, 3.8) is 0 Å². The molecule has 0 radical (unpaired) electrons. The number of benzene rings is 1. The summed E-state index contributed by atoms with van der Waals surface area (Å²) in [7, 11) is 1.79. The first-order chi connectivity index (χ1) is 14.2. The zero-order chi connectivity index (χ0) is 20.1. The van der Waals surface area contributed by atoms with Crippen molar-refractivity contribution in [2.24, 2.45) is 4.99 Å². The maximum atomic E-state index is 6.31. The van der Waals surface area contributed by atoms with Gasteiger partial charge in [-0.15, -0.1) is 34.2 Å². The first kappa shape index (κ1) is 22.8. The lowest BCUT2D eigenvalue weighted by atomic mass is 10.1. The molecule has 0 amide bonds. The quantitative estimate of drug-likeness (QED) is 0.342. The van der Waals surface area contributed by atoms with E-state index >= 15 is 0 Å². The third kappa shape index (κ3) is 5.65. The van der Waals surface area contributed by atoms with Gasteiger partial charge in [-0.25, -0.2) is 0 Å². The van der Waals surface area contributed by atoms with E-state index in [0.29, 0.717) is 19.2 Å². The van der Waals surface area contributed by atoms with Crippen LogP contribution in [0.2, 0.25) is 0 Å². The van der Waals surface area contributed by atoms with Crippen molar-refractivity contribution in [3.05, 3.63) is 41.0 Å². The largest absolute Gasteiger partial charge is 0.490 e. The summed E-state index contributed by atoms with van der Waals surface area (Å²) in [6.07, 6.45) is 8.64. The van der Waals surface area contributed by atoms with Crippen LogP contribution in [0.5, 0.6) is 5.75 Å². The Bertz CT molecular complexity index is 859. The minimum absolute atomic E-state index is 0. The highest BCUT2D eigenvalue weighted by Gasteiger charge is 2.18. The average molecular weight is 524 g/mol. The van der Waals surface area contributed by atoms with E-state index in [1.165, 1.54) is 31.2 Å². The van der Waals surface area contributed by atoms with Crippen molar-refractivity contribution < 1.29 is 4.74 Å². The molecule has 0 saturated heterocycles. The SMILES string of the molecule is CN=C(NCc1ccc(C)cc1OC1CCCC1)NCc1nnc2n1CCCC2.I. The molecule has 0 unspecified atom stereocenters. The molecule has 1 aromatic heterocycles. The number of rotatable bonds is 6. The number of fused-ring (bicyclic) bond motifs is 1. The molecule has 1 aromatic carbocycles. The monoisotopic (exact) mass is 524 g/mol. The molecule has 30 heavy (non-hydrogen) atoms. The van der Waals surface area contributed by atoms with Gasteiger partial charge in [0.2, 0.25) is 0 Å². The van der Waals surface area contributed by atoms with Gasteiger partial charge in [-0.2, -0.15) is 0 Å². The number of nitrogens with zero attached hydrogens (tertiary/aromatic N) is 4. The maximum absolute atomic E-state index is 6.31. The van der Waals surface area contributed by atoms with Gasteiger partial charge in [0.15, 0.2) is 11.8 Å². The predicted molar refractivity (Wildman–Crippen MR) is 129 cm³/mol. The standard InChI is InChI=1S/C22H32N6O.HI/c1-16-10-11-17(19(13-16)29-18-7-3-4-8-18)14-24-22(23-2)25-15-21-27-26-20-9-5-6-12-28(20)21;/h10-11,13,18H,3-9,12,14-15H2,1-2H3,(H2,23,24,25);1H. The number of aromatic nitrogens is 3. The molecule has 4 rings (SSSR count). The average Bonchev–Trinajstić information content (AvgIpc) is 3.39. The molecule has 2 aromatic rings. The molecule has 1 aliphatic carbocycles. The van der Waals surface area contributed by atoms with E-state index in [1.54, 1.807) is 7.05 Å². The van der Waals surface area contributed by atoms with E-state index in [-0.39, 0.29) is 24.0 Å². The van der Waals surface area contributed by atoms with Crippen molar-refractivity contribution in [2.45, 2.75) is 77.6 Å². The third-order valence-corrected chi connectivity index (χ3v) is 5.84. The summed E-state index contributed by atoms with van der Waals surface area (Å²) in [5.74, 6) is 3.82. The van der Waals surface area contributed by atoms with Crippen LogP contribution < -0.4 is 15.4 Å². The lowest BCUT2D eigenvalue weighted by molar-refractivity contribution is 0.207. The Balaban J connectivity index is 0.00000256. The van der Waals surface area contributed by atoms with Gasteiger partial charge >= 0.3 is 0 Å². The van der Waals surface area contributed by atoms with Crippen LogP contribution >= 0.6 is 24.0 Å². The topological polar surface area (TPSA) is 76.4 Å². The summed E-state index contributed by atoms with van der Waals surface area (Å²) >= 11 is 0. The van der Waals surface area contributed by atoms with Gasteiger partial charge in [0.25, 0.3) is 0 Å². The molecule has 1 saturated carbocycles. The Kier molecular flexibility index (Phi) is 8.35. The second-order valence-corrected chi connectivity index (χ2v) is 8.06. The van der Waals surface area contributed by atoms with Gasteiger partial charge < -0.3 is 19.9 Å². The zero-order valence-electron chi connectivity index (χ0n) is 18.0. The van der Waals surface area contributed by atoms with E-state index in [4.69, 9.17) is 4.74 Å². The van der Waals surface area contributed by atoms with Crippen molar-refractivity contribution in [1.29, 1.82) is 0 Å². The maximum Gasteiger partial charge on any atom is 0.191 e. The van der Waals surface area contributed by atoms with E-state index in [9.17, 15) is 0 Å². The molecule has 1 fully saturated rings. The van der Waals surface area contributed by atoms with Gasteiger partial charge in [0.05, 0.1) is 12.6 Å². The number of halogens is 1. The van der Waals surface area contributed by atoms with E-state index < -0.39 is 0 Å². The van der Waals surface area contributed by atoms with Crippen LogP contribution in [0.15, 0.2) is 23.2 Å². The fraction of sp³-hybridized carbons (Fsp3) is 0.591. The summed E-state index contributed by atoms with van der Waals surface area (Å²) in [6, 6.07) is 6.43. The number of hydrogen-bond donors (Lipinski definition) is 2. The number of aryl methyl sites for hydroxylation is 2. The predicted octanol–water partition coefficient (Wildman–Crippen LogP) is 3.73. The minimum atomic E-state index is 0. The van der Waals surface area contributed by atoms with Crippen LogP contribution in [0.3, 0.4) is 0 Å². The number of guanidine groups is 1. The fourth-order valence-corrected chi connectivity index (χ4v) is 4.16. The summed E-state index contributed by atoms with van der Waals surface area (Å²) in [5, 5.41) is 15.5. The van der Waals surface area contributed by atoms with Crippen molar-refractivity contribution >= 4 is 29.9 Å². The fourth-order valence-electron chi connectivity index (χ4n) is 4.16. The van der Waals surface area contributed by atoms with Gasteiger partial charge in [0, 0.05) is 32.1 Å². The normalized spacial score (nSPS) is 16.7. The second kappa shape index (κ2) is 11.0. The Morgan fingerprint density at radius 2 is 1.93 bits per heavy atom. The number of hydrogen-bond acceptors (Lipinski definition) is 4. The Morgan fingerprint density at radius 1 is 1.13 bits per heavy atom. The highest BCUT2D eigenvalue weighted by molar-refractivity contribution is 14.0. The summed E-state index contributed by atoms with van der Waals surface area (Å²) in [4.78, 5) is 4.36. The van der Waals surface area contributed by atoms with Crippen LogP contribution in [0.25, 0.3) is 0 Å². The molecule has 2 N–H and O–H groups in total.